The van der Waals surface area contributed by atoms with E-state index in [1.54, 1.807) is 0 Å². The average Bonchev–Trinajstić information content (AvgIpc) is 2.94. The minimum atomic E-state index is -0.920. The Kier molecular flexibility index (Phi) is 10.1. The van der Waals surface area contributed by atoms with E-state index in [1.807, 2.05) is 26.2 Å². The first-order chi connectivity index (χ1) is 17.8. The van der Waals surface area contributed by atoms with Crippen LogP contribution in [0.15, 0.2) is 60.9 Å². The lowest BCUT2D eigenvalue weighted by molar-refractivity contribution is -0.271. The summed E-state index contributed by atoms with van der Waals surface area (Å²) in [6, 6.07) is 17.7. The van der Waals surface area contributed by atoms with Gasteiger partial charge in [0.05, 0.1) is 13.7 Å². The molecule has 0 atom stereocenters. The van der Waals surface area contributed by atoms with Gasteiger partial charge in [-0.15, -0.1) is 0 Å². The first-order valence-electron chi connectivity index (χ1n) is 13.4. The second-order valence-electron chi connectivity index (χ2n) is 9.71. The number of rotatable bonds is 11. The van der Waals surface area contributed by atoms with Crippen molar-refractivity contribution in [1.29, 1.82) is 0 Å². The molecule has 37 heavy (non-hydrogen) atoms. The molecule has 0 spiro atoms. The van der Waals surface area contributed by atoms with Crippen molar-refractivity contribution in [2.45, 2.75) is 77.7 Å². The van der Waals surface area contributed by atoms with Crippen molar-refractivity contribution in [3.63, 3.8) is 0 Å². The normalized spacial score (nSPS) is 11.8. The topological polar surface area (TPSA) is 51.6 Å². The lowest BCUT2D eigenvalue weighted by Gasteiger charge is -2.34. The molecule has 4 heteroatoms. The summed E-state index contributed by atoms with van der Waals surface area (Å²) in [6.45, 7) is 11.1. The van der Waals surface area contributed by atoms with E-state index < -0.39 is 5.60 Å². The van der Waals surface area contributed by atoms with Crippen molar-refractivity contribution in [3.8, 4) is 23.0 Å². The number of aliphatic hydroxyl groups is 1. The Hall–Kier alpha value is -2.97. The summed E-state index contributed by atoms with van der Waals surface area (Å²) in [5, 5.41) is 10.6. The molecule has 0 aliphatic carbocycles. The van der Waals surface area contributed by atoms with Crippen LogP contribution in [0.5, 0.6) is 0 Å². The zero-order chi connectivity index (χ0) is 26.9. The highest BCUT2D eigenvalue weighted by Crippen LogP contribution is 2.40. The van der Waals surface area contributed by atoms with Crippen molar-refractivity contribution in [3.05, 3.63) is 88.7 Å². The molecule has 196 valence electrons. The molecule has 0 fully saturated rings. The lowest BCUT2D eigenvalue weighted by Crippen LogP contribution is -2.26. The molecule has 2 aromatic carbocycles. The maximum atomic E-state index is 10.6. The van der Waals surface area contributed by atoms with E-state index in [2.05, 4.69) is 86.1 Å². The molecule has 0 aliphatic heterocycles. The Bertz CT molecular complexity index is 1210. The first kappa shape index (κ1) is 28.6. The SMILES string of the molecule is CCC(O)(C#Cc1ccc(C(CC)(CC)c2ccc(-c3cncc(CCOOC)c3)cc2)cc1C)CC. The first-order valence-corrected chi connectivity index (χ1v) is 13.4. The third kappa shape index (κ3) is 6.67. The summed E-state index contributed by atoms with van der Waals surface area (Å²) in [6.07, 6.45) is 7.77. The summed E-state index contributed by atoms with van der Waals surface area (Å²) in [4.78, 5) is 14.1. The van der Waals surface area contributed by atoms with Gasteiger partial charge in [-0.05, 0) is 72.6 Å². The van der Waals surface area contributed by atoms with Crippen LogP contribution in [-0.4, -0.2) is 29.4 Å². The van der Waals surface area contributed by atoms with Gasteiger partial charge in [-0.2, -0.15) is 0 Å². The highest BCUT2D eigenvalue weighted by Gasteiger charge is 2.31. The zero-order valence-corrected chi connectivity index (χ0v) is 23.2. The second kappa shape index (κ2) is 13.0. The van der Waals surface area contributed by atoms with Gasteiger partial charge in [-0.25, -0.2) is 9.78 Å². The number of aromatic nitrogens is 1. The number of benzene rings is 2. The minimum Gasteiger partial charge on any atom is -0.378 e. The predicted octanol–water partition coefficient (Wildman–Crippen LogP) is 7.19. The van der Waals surface area contributed by atoms with Crippen LogP contribution < -0.4 is 0 Å². The largest absolute Gasteiger partial charge is 0.378 e. The number of nitrogens with zero attached hydrogens (tertiary/aromatic N) is 1. The zero-order valence-electron chi connectivity index (χ0n) is 23.2. The monoisotopic (exact) mass is 499 g/mol. The van der Waals surface area contributed by atoms with E-state index in [4.69, 9.17) is 9.78 Å². The van der Waals surface area contributed by atoms with Crippen LogP contribution in [0.3, 0.4) is 0 Å². The second-order valence-corrected chi connectivity index (χ2v) is 9.71. The molecule has 1 aromatic heterocycles. The Morgan fingerprint density at radius 2 is 1.51 bits per heavy atom. The molecule has 0 amide bonds. The van der Waals surface area contributed by atoms with Gasteiger partial charge >= 0.3 is 0 Å². The third-order valence-corrected chi connectivity index (χ3v) is 7.74. The number of aryl methyl sites for hydroxylation is 1. The molecule has 0 saturated carbocycles. The Balaban J connectivity index is 1.91. The quantitative estimate of drug-likeness (QED) is 0.131. The highest BCUT2D eigenvalue weighted by molar-refractivity contribution is 5.64. The molecule has 0 saturated heterocycles. The minimum absolute atomic E-state index is 0.0829. The van der Waals surface area contributed by atoms with Crippen LogP contribution in [0.2, 0.25) is 0 Å². The standard InChI is InChI=1S/C33H41NO3/c1-7-32(35,8-2)19-17-27-11-16-31(21-25(27)5)33(9-3,10-4)30-14-12-28(13-15-30)29-22-26(23-34-24-29)18-20-37-36-6/h11-16,21-24,35H,7-10,18,20H2,1-6H3. The predicted molar refractivity (Wildman–Crippen MR) is 151 cm³/mol. The van der Waals surface area contributed by atoms with Gasteiger partial charge in [-0.3, -0.25) is 4.98 Å². The molecule has 1 heterocycles. The maximum Gasteiger partial charge on any atom is 0.125 e. The third-order valence-electron chi connectivity index (χ3n) is 7.74. The van der Waals surface area contributed by atoms with E-state index in [0.717, 1.165) is 47.1 Å². The summed E-state index contributed by atoms with van der Waals surface area (Å²) >= 11 is 0. The van der Waals surface area contributed by atoms with Crippen molar-refractivity contribution in [1.82, 2.24) is 4.98 Å². The number of pyridine rings is 1. The van der Waals surface area contributed by atoms with Crippen LogP contribution in [0.1, 0.15) is 81.2 Å². The molecule has 4 nitrogen and oxygen atoms in total. The van der Waals surface area contributed by atoms with Gasteiger partial charge in [-0.1, -0.05) is 75.9 Å². The number of hydrogen-bond donors (Lipinski definition) is 1. The van der Waals surface area contributed by atoms with E-state index in [-0.39, 0.29) is 5.41 Å². The van der Waals surface area contributed by atoms with E-state index in [0.29, 0.717) is 19.4 Å². The van der Waals surface area contributed by atoms with Crippen LogP contribution in [0.25, 0.3) is 11.1 Å². The van der Waals surface area contributed by atoms with Gasteiger partial charge in [0.25, 0.3) is 0 Å². The Morgan fingerprint density at radius 1 is 0.838 bits per heavy atom. The fourth-order valence-corrected chi connectivity index (χ4v) is 4.95. The van der Waals surface area contributed by atoms with Crippen LogP contribution >= 0.6 is 0 Å². The van der Waals surface area contributed by atoms with Crippen molar-refractivity contribution in [2.75, 3.05) is 13.7 Å². The molecular weight excluding hydrogens is 458 g/mol. The number of hydrogen-bond acceptors (Lipinski definition) is 4. The van der Waals surface area contributed by atoms with Gasteiger partial charge in [0, 0.05) is 35.4 Å². The van der Waals surface area contributed by atoms with Crippen molar-refractivity contribution >= 4 is 0 Å². The fraction of sp³-hybridized carbons (Fsp3) is 0.424. The van der Waals surface area contributed by atoms with Crippen LogP contribution in [0.4, 0.5) is 0 Å². The molecule has 0 bridgehead atoms. The van der Waals surface area contributed by atoms with Crippen LogP contribution in [0, 0.1) is 18.8 Å². The Labute approximate surface area is 223 Å². The van der Waals surface area contributed by atoms with Gasteiger partial charge in [0.15, 0.2) is 0 Å². The molecule has 1 N–H and O–H groups in total. The van der Waals surface area contributed by atoms with E-state index >= 15 is 0 Å². The molecule has 0 aliphatic rings. The maximum absolute atomic E-state index is 10.6. The van der Waals surface area contributed by atoms with Crippen molar-refractivity contribution in [2.24, 2.45) is 0 Å². The van der Waals surface area contributed by atoms with Gasteiger partial charge in [0.1, 0.15) is 5.60 Å². The Morgan fingerprint density at radius 3 is 2.11 bits per heavy atom. The van der Waals surface area contributed by atoms with Crippen molar-refractivity contribution < 1.29 is 14.9 Å². The molecular formula is C33H41NO3. The van der Waals surface area contributed by atoms with E-state index in [9.17, 15) is 5.11 Å². The van der Waals surface area contributed by atoms with Gasteiger partial charge < -0.3 is 5.11 Å². The highest BCUT2D eigenvalue weighted by atomic mass is 17.2. The van der Waals surface area contributed by atoms with Crippen LogP contribution in [-0.2, 0) is 21.6 Å². The molecule has 3 aromatic rings. The molecule has 3 rings (SSSR count). The summed E-state index contributed by atoms with van der Waals surface area (Å²) in [5.74, 6) is 6.33. The lowest BCUT2D eigenvalue weighted by atomic mass is 9.70. The summed E-state index contributed by atoms with van der Waals surface area (Å²) < 4.78 is 0. The van der Waals surface area contributed by atoms with E-state index in [1.165, 1.54) is 18.2 Å². The van der Waals surface area contributed by atoms with Gasteiger partial charge in [0.2, 0.25) is 0 Å². The molecule has 0 unspecified atom stereocenters. The summed E-state index contributed by atoms with van der Waals surface area (Å²) in [5.41, 5.74) is 7.08. The smallest absolute Gasteiger partial charge is 0.125 e. The molecule has 0 radical (unpaired) electrons. The summed E-state index contributed by atoms with van der Waals surface area (Å²) in [7, 11) is 1.52. The average molecular weight is 500 g/mol. The fourth-order valence-electron chi connectivity index (χ4n) is 4.95.